The second-order valence-electron chi connectivity index (χ2n) is 11.0. The van der Waals surface area contributed by atoms with Gasteiger partial charge in [0.15, 0.2) is 0 Å². The maximum Gasteiger partial charge on any atom is 0.144 e. The highest BCUT2D eigenvalue weighted by Crippen LogP contribution is 2.35. The SMILES string of the molecule is Cc1cccc(C)c1-n1ccnc1-c1cccc(-c2cccc3ccc(-c4nccn4-c4c(C)cccc4C)cc23)c1. The number of benzene rings is 5. The van der Waals surface area contributed by atoms with Crippen molar-refractivity contribution in [2.45, 2.75) is 27.7 Å². The van der Waals surface area contributed by atoms with Crippen molar-refractivity contribution in [3.63, 3.8) is 0 Å². The molecule has 2 aromatic heterocycles. The van der Waals surface area contributed by atoms with E-state index in [-0.39, 0.29) is 0 Å². The van der Waals surface area contributed by atoms with Gasteiger partial charge in [0, 0.05) is 35.9 Å². The van der Waals surface area contributed by atoms with E-state index in [1.165, 1.54) is 50.0 Å². The van der Waals surface area contributed by atoms with Crippen molar-refractivity contribution in [1.82, 2.24) is 19.1 Å². The van der Waals surface area contributed by atoms with Crippen molar-refractivity contribution in [2.75, 3.05) is 0 Å². The number of aryl methyl sites for hydroxylation is 4. The topological polar surface area (TPSA) is 35.6 Å². The van der Waals surface area contributed by atoms with Gasteiger partial charge in [0.1, 0.15) is 11.6 Å². The number of imidazole rings is 2. The van der Waals surface area contributed by atoms with Crippen LogP contribution in [-0.4, -0.2) is 19.1 Å². The summed E-state index contributed by atoms with van der Waals surface area (Å²) in [7, 11) is 0. The Morgan fingerprint density at radius 1 is 0.476 bits per heavy atom. The highest BCUT2D eigenvalue weighted by Gasteiger charge is 2.15. The molecular weight excluding hydrogens is 512 g/mol. The smallest absolute Gasteiger partial charge is 0.144 e. The number of para-hydroxylation sites is 2. The first-order chi connectivity index (χ1) is 20.5. The second kappa shape index (κ2) is 10.3. The molecule has 4 heteroatoms. The summed E-state index contributed by atoms with van der Waals surface area (Å²) in [5.41, 5.74) is 11.8. The number of rotatable bonds is 5. The number of hydrogen-bond donors (Lipinski definition) is 0. The summed E-state index contributed by atoms with van der Waals surface area (Å²) in [5.74, 6) is 1.87. The van der Waals surface area contributed by atoms with Gasteiger partial charge in [0.2, 0.25) is 0 Å². The molecule has 7 rings (SSSR count). The fourth-order valence-electron chi connectivity index (χ4n) is 6.26. The predicted molar refractivity (Wildman–Crippen MR) is 173 cm³/mol. The van der Waals surface area contributed by atoms with Crippen molar-refractivity contribution in [3.05, 3.63) is 144 Å². The highest BCUT2D eigenvalue weighted by molar-refractivity contribution is 5.99. The minimum Gasteiger partial charge on any atom is -0.299 e. The molecule has 0 aliphatic heterocycles. The third kappa shape index (κ3) is 4.33. The van der Waals surface area contributed by atoms with Crippen molar-refractivity contribution in [1.29, 1.82) is 0 Å². The molecule has 204 valence electrons. The average Bonchev–Trinajstić information content (AvgIpc) is 3.67. The first-order valence-electron chi connectivity index (χ1n) is 14.3. The molecule has 0 amide bonds. The molecule has 5 aromatic carbocycles. The molecule has 0 bridgehead atoms. The monoisotopic (exact) mass is 544 g/mol. The van der Waals surface area contributed by atoms with Gasteiger partial charge in [0.25, 0.3) is 0 Å². The standard InChI is InChI=1S/C38H32N4/c1-25-9-5-10-26(2)35(25)41-21-19-39-37(41)31-15-7-14-30(23-31)33-16-8-13-29-17-18-32(24-34(29)33)38-40-20-22-42(38)36-27(3)11-6-12-28(36)4/h5-24H,1-4H3. The van der Waals surface area contributed by atoms with Crippen LogP contribution in [0.5, 0.6) is 0 Å². The lowest BCUT2D eigenvalue weighted by Gasteiger charge is -2.16. The molecule has 0 radical (unpaired) electrons. The molecule has 0 N–H and O–H groups in total. The van der Waals surface area contributed by atoms with E-state index in [2.05, 4.69) is 146 Å². The molecular formula is C38H32N4. The molecule has 7 aromatic rings. The van der Waals surface area contributed by atoms with Gasteiger partial charge in [-0.2, -0.15) is 0 Å². The number of aromatic nitrogens is 4. The van der Waals surface area contributed by atoms with E-state index >= 15 is 0 Å². The summed E-state index contributed by atoms with van der Waals surface area (Å²) in [5, 5.41) is 2.39. The van der Waals surface area contributed by atoms with Crippen LogP contribution in [-0.2, 0) is 0 Å². The van der Waals surface area contributed by atoms with Crippen LogP contribution in [0.1, 0.15) is 22.3 Å². The van der Waals surface area contributed by atoms with E-state index in [0.717, 1.165) is 28.3 Å². The first-order valence-corrected chi connectivity index (χ1v) is 14.3. The molecule has 4 nitrogen and oxygen atoms in total. The predicted octanol–water partition coefficient (Wildman–Crippen LogP) is 9.45. The Balaban J connectivity index is 1.35. The normalized spacial score (nSPS) is 11.3. The Morgan fingerprint density at radius 2 is 0.976 bits per heavy atom. The largest absolute Gasteiger partial charge is 0.299 e. The van der Waals surface area contributed by atoms with Crippen LogP contribution in [0.3, 0.4) is 0 Å². The van der Waals surface area contributed by atoms with Gasteiger partial charge in [-0.1, -0.05) is 84.9 Å². The van der Waals surface area contributed by atoms with Gasteiger partial charge in [-0.3, -0.25) is 9.13 Å². The molecule has 42 heavy (non-hydrogen) atoms. The zero-order chi connectivity index (χ0) is 28.8. The lowest BCUT2D eigenvalue weighted by atomic mass is 9.95. The lowest BCUT2D eigenvalue weighted by molar-refractivity contribution is 1.03. The fourth-order valence-corrected chi connectivity index (χ4v) is 6.26. The van der Waals surface area contributed by atoms with Gasteiger partial charge < -0.3 is 0 Å². The minimum atomic E-state index is 0.936. The Morgan fingerprint density at radius 3 is 1.57 bits per heavy atom. The lowest BCUT2D eigenvalue weighted by Crippen LogP contribution is -2.01. The Bertz CT molecular complexity index is 2050. The van der Waals surface area contributed by atoms with E-state index in [1.807, 2.05) is 12.4 Å². The molecule has 0 unspecified atom stereocenters. The van der Waals surface area contributed by atoms with Gasteiger partial charge in [-0.05, 0) is 84.0 Å². The highest BCUT2D eigenvalue weighted by atomic mass is 15.1. The maximum absolute atomic E-state index is 4.81. The molecule has 0 spiro atoms. The fraction of sp³-hybridized carbons (Fsp3) is 0.105. The van der Waals surface area contributed by atoms with E-state index in [4.69, 9.17) is 9.97 Å². The molecule has 0 aliphatic carbocycles. The summed E-state index contributed by atoms with van der Waals surface area (Å²) in [6.45, 7) is 8.62. The first kappa shape index (κ1) is 25.7. The third-order valence-electron chi connectivity index (χ3n) is 8.21. The molecule has 0 aliphatic rings. The summed E-state index contributed by atoms with van der Waals surface area (Å²) >= 11 is 0. The zero-order valence-corrected chi connectivity index (χ0v) is 24.3. The molecule has 0 saturated heterocycles. The maximum atomic E-state index is 4.81. The van der Waals surface area contributed by atoms with Crippen LogP contribution >= 0.6 is 0 Å². The number of nitrogens with zero attached hydrogens (tertiary/aromatic N) is 4. The van der Waals surface area contributed by atoms with E-state index < -0.39 is 0 Å². The van der Waals surface area contributed by atoms with Crippen LogP contribution in [0.15, 0.2) is 122 Å². The summed E-state index contributed by atoms with van der Waals surface area (Å²) in [4.78, 5) is 9.60. The van der Waals surface area contributed by atoms with E-state index in [0.29, 0.717) is 0 Å². The summed E-state index contributed by atoms with van der Waals surface area (Å²) in [6.07, 6.45) is 7.89. The van der Waals surface area contributed by atoms with Gasteiger partial charge in [-0.15, -0.1) is 0 Å². The van der Waals surface area contributed by atoms with Gasteiger partial charge >= 0.3 is 0 Å². The second-order valence-corrected chi connectivity index (χ2v) is 11.0. The Labute approximate surface area is 246 Å². The molecule has 2 heterocycles. The van der Waals surface area contributed by atoms with E-state index in [1.54, 1.807) is 0 Å². The quantitative estimate of drug-likeness (QED) is 0.216. The molecule has 0 atom stereocenters. The van der Waals surface area contributed by atoms with Crippen molar-refractivity contribution >= 4 is 10.8 Å². The Hall–Kier alpha value is -5.22. The van der Waals surface area contributed by atoms with Crippen LogP contribution in [0.2, 0.25) is 0 Å². The average molecular weight is 545 g/mol. The Kier molecular flexibility index (Phi) is 6.32. The van der Waals surface area contributed by atoms with Crippen LogP contribution in [0, 0.1) is 27.7 Å². The number of fused-ring (bicyclic) bond motifs is 1. The van der Waals surface area contributed by atoms with Crippen LogP contribution in [0.25, 0.3) is 56.0 Å². The van der Waals surface area contributed by atoms with Crippen molar-refractivity contribution in [3.8, 4) is 45.3 Å². The van der Waals surface area contributed by atoms with Crippen molar-refractivity contribution in [2.24, 2.45) is 0 Å². The molecule has 0 saturated carbocycles. The van der Waals surface area contributed by atoms with Gasteiger partial charge in [0.05, 0.1) is 11.4 Å². The summed E-state index contributed by atoms with van der Waals surface area (Å²) in [6, 6.07) is 34.7. The van der Waals surface area contributed by atoms with E-state index in [9.17, 15) is 0 Å². The molecule has 0 fully saturated rings. The van der Waals surface area contributed by atoms with Crippen LogP contribution < -0.4 is 0 Å². The van der Waals surface area contributed by atoms with Crippen molar-refractivity contribution < 1.29 is 0 Å². The van der Waals surface area contributed by atoms with Crippen LogP contribution in [0.4, 0.5) is 0 Å². The third-order valence-corrected chi connectivity index (χ3v) is 8.21. The minimum absolute atomic E-state index is 0.936. The van der Waals surface area contributed by atoms with Gasteiger partial charge in [-0.25, -0.2) is 9.97 Å². The zero-order valence-electron chi connectivity index (χ0n) is 24.3. The number of hydrogen-bond acceptors (Lipinski definition) is 2. The summed E-state index contributed by atoms with van der Waals surface area (Å²) < 4.78 is 4.42.